The number of carboxylic acid groups (broad SMARTS) is 1. The molecule has 3 N–H and O–H groups in total. The first-order valence-electron chi connectivity index (χ1n) is 4.79. The van der Waals surface area contributed by atoms with Gasteiger partial charge in [-0.3, -0.25) is 4.79 Å². The summed E-state index contributed by atoms with van der Waals surface area (Å²) < 4.78 is 18.1. The van der Waals surface area contributed by atoms with Crippen LogP contribution < -0.4 is 5.73 Å². The Hall–Kier alpha value is -1.46. The molecule has 0 radical (unpaired) electrons. The smallest absolute Gasteiger partial charge is 0.320 e. The Labute approximate surface area is 92.8 Å². The van der Waals surface area contributed by atoms with Gasteiger partial charge in [0.1, 0.15) is 11.9 Å². The fourth-order valence-electron chi connectivity index (χ4n) is 1.36. The molecule has 1 unspecified atom stereocenters. The summed E-state index contributed by atoms with van der Waals surface area (Å²) in [6.07, 6.45) is 0.173. The molecule has 88 valence electrons. The number of hydrogen-bond donors (Lipinski definition) is 2. The lowest BCUT2D eigenvalue weighted by molar-refractivity contribution is -0.138. The van der Waals surface area contributed by atoms with Crippen LogP contribution in [0.1, 0.15) is 11.1 Å². The van der Waals surface area contributed by atoms with Crippen LogP contribution >= 0.6 is 0 Å². The Kier molecular flexibility index (Phi) is 4.39. The van der Waals surface area contributed by atoms with Crippen LogP contribution in [0.25, 0.3) is 0 Å². The molecule has 4 nitrogen and oxygen atoms in total. The highest BCUT2D eigenvalue weighted by Gasteiger charge is 2.13. The van der Waals surface area contributed by atoms with Gasteiger partial charge in [-0.25, -0.2) is 4.39 Å². The van der Waals surface area contributed by atoms with Crippen molar-refractivity contribution in [3.63, 3.8) is 0 Å². The van der Waals surface area contributed by atoms with E-state index < -0.39 is 12.0 Å². The van der Waals surface area contributed by atoms with Gasteiger partial charge in [-0.1, -0.05) is 12.1 Å². The molecule has 0 spiro atoms. The lowest BCUT2D eigenvalue weighted by Crippen LogP contribution is -2.32. The summed E-state index contributed by atoms with van der Waals surface area (Å²) in [5.41, 5.74) is 6.47. The molecule has 0 fully saturated rings. The van der Waals surface area contributed by atoms with Crippen molar-refractivity contribution in [3.05, 3.63) is 35.1 Å². The van der Waals surface area contributed by atoms with Gasteiger partial charge in [-0.05, 0) is 18.1 Å². The van der Waals surface area contributed by atoms with Gasteiger partial charge in [0.25, 0.3) is 0 Å². The van der Waals surface area contributed by atoms with Crippen molar-refractivity contribution in [2.45, 2.75) is 19.1 Å². The van der Waals surface area contributed by atoms with Crippen molar-refractivity contribution in [2.24, 2.45) is 5.73 Å². The normalized spacial score (nSPS) is 12.4. The van der Waals surface area contributed by atoms with Gasteiger partial charge in [-0.15, -0.1) is 0 Å². The highest BCUT2D eigenvalue weighted by molar-refractivity contribution is 5.73. The van der Waals surface area contributed by atoms with Crippen molar-refractivity contribution in [2.75, 3.05) is 7.11 Å². The zero-order valence-electron chi connectivity index (χ0n) is 8.94. The molecular weight excluding hydrogens is 213 g/mol. The molecule has 16 heavy (non-hydrogen) atoms. The summed E-state index contributed by atoms with van der Waals surface area (Å²) in [4.78, 5) is 10.6. The third-order valence-electron chi connectivity index (χ3n) is 2.18. The van der Waals surface area contributed by atoms with Crippen molar-refractivity contribution >= 4 is 5.97 Å². The highest BCUT2D eigenvalue weighted by Crippen LogP contribution is 2.13. The molecule has 0 saturated carbocycles. The van der Waals surface area contributed by atoms with Crippen LogP contribution in [0.3, 0.4) is 0 Å². The summed E-state index contributed by atoms with van der Waals surface area (Å²) in [6, 6.07) is 3.41. The zero-order valence-corrected chi connectivity index (χ0v) is 8.94. The topological polar surface area (TPSA) is 72.5 Å². The molecule has 0 bridgehead atoms. The molecule has 0 aliphatic rings. The largest absolute Gasteiger partial charge is 0.480 e. The number of halogens is 1. The Bertz CT molecular complexity index is 381. The van der Waals surface area contributed by atoms with Gasteiger partial charge in [-0.2, -0.15) is 0 Å². The fourth-order valence-corrected chi connectivity index (χ4v) is 1.36. The first-order valence-corrected chi connectivity index (χ1v) is 4.79. The van der Waals surface area contributed by atoms with Crippen LogP contribution in [0.15, 0.2) is 18.2 Å². The van der Waals surface area contributed by atoms with E-state index >= 15 is 0 Å². The predicted molar refractivity (Wildman–Crippen MR) is 56.4 cm³/mol. The van der Waals surface area contributed by atoms with Gasteiger partial charge in [0.2, 0.25) is 0 Å². The number of rotatable bonds is 5. The van der Waals surface area contributed by atoms with E-state index in [0.29, 0.717) is 11.1 Å². The summed E-state index contributed by atoms with van der Waals surface area (Å²) >= 11 is 0. The lowest BCUT2D eigenvalue weighted by Gasteiger charge is -2.08. The van der Waals surface area contributed by atoms with Crippen molar-refractivity contribution in [1.82, 2.24) is 0 Å². The fraction of sp³-hybridized carbons (Fsp3) is 0.364. The Morgan fingerprint density at radius 1 is 1.62 bits per heavy atom. The lowest BCUT2D eigenvalue weighted by atomic mass is 10.0. The average molecular weight is 227 g/mol. The molecule has 0 aliphatic carbocycles. The number of ether oxygens (including phenoxy) is 1. The maximum Gasteiger partial charge on any atom is 0.320 e. The van der Waals surface area contributed by atoms with E-state index in [2.05, 4.69) is 0 Å². The van der Waals surface area contributed by atoms with E-state index in [1.165, 1.54) is 19.2 Å². The van der Waals surface area contributed by atoms with E-state index in [1.54, 1.807) is 6.07 Å². The van der Waals surface area contributed by atoms with Crippen LogP contribution in [0, 0.1) is 5.82 Å². The summed E-state index contributed by atoms with van der Waals surface area (Å²) in [6.45, 7) is 0.155. The molecule has 0 aliphatic heterocycles. The van der Waals surface area contributed by atoms with E-state index in [4.69, 9.17) is 15.6 Å². The zero-order chi connectivity index (χ0) is 12.1. The van der Waals surface area contributed by atoms with Gasteiger partial charge >= 0.3 is 5.97 Å². The minimum absolute atomic E-state index is 0.155. The molecule has 1 atom stereocenters. The maximum absolute atomic E-state index is 13.2. The average Bonchev–Trinajstić information content (AvgIpc) is 2.23. The molecule has 5 heteroatoms. The second-order valence-electron chi connectivity index (χ2n) is 3.51. The first kappa shape index (κ1) is 12.6. The van der Waals surface area contributed by atoms with Crippen LogP contribution in [-0.2, 0) is 22.6 Å². The number of carboxylic acids is 1. The SMILES string of the molecule is COCc1cc(CC(N)C(=O)O)ccc1F. The molecule has 1 aromatic rings. The highest BCUT2D eigenvalue weighted by atomic mass is 19.1. The molecule has 0 amide bonds. The Morgan fingerprint density at radius 2 is 2.31 bits per heavy atom. The number of aliphatic carboxylic acids is 1. The molecule has 0 heterocycles. The molecule has 1 rings (SSSR count). The third kappa shape index (κ3) is 3.29. The van der Waals surface area contributed by atoms with Crippen LogP contribution in [0.4, 0.5) is 4.39 Å². The standard InChI is InChI=1S/C11H14FNO3/c1-16-6-8-4-7(2-3-9(8)12)5-10(13)11(14)15/h2-4,10H,5-6,13H2,1H3,(H,14,15). The van der Waals surface area contributed by atoms with Gasteiger partial charge in [0.05, 0.1) is 6.61 Å². The number of nitrogens with two attached hydrogens (primary N) is 1. The predicted octanol–water partition coefficient (Wildman–Crippen LogP) is 0.926. The number of methoxy groups -OCH3 is 1. The monoisotopic (exact) mass is 227 g/mol. The van der Waals surface area contributed by atoms with Crippen molar-refractivity contribution < 1.29 is 19.0 Å². The summed E-state index contributed by atoms with van der Waals surface area (Å²) in [5, 5.41) is 8.65. The number of benzene rings is 1. The molecule has 1 aromatic carbocycles. The molecule has 0 aromatic heterocycles. The first-order chi connectivity index (χ1) is 7.54. The minimum Gasteiger partial charge on any atom is -0.480 e. The third-order valence-corrected chi connectivity index (χ3v) is 2.18. The molecular formula is C11H14FNO3. The van der Waals surface area contributed by atoms with Gasteiger partial charge in [0.15, 0.2) is 0 Å². The minimum atomic E-state index is -1.07. The Morgan fingerprint density at radius 3 is 2.88 bits per heavy atom. The number of hydrogen-bond acceptors (Lipinski definition) is 3. The van der Waals surface area contributed by atoms with Gasteiger partial charge in [0, 0.05) is 12.7 Å². The Balaban J connectivity index is 2.82. The van der Waals surface area contributed by atoms with Crippen molar-refractivity contribution in [3.8, 4) is 0 Å². The van der Waals surface area contributed by atoms with Crippen molar-refractivity contribution in [1.29, 1.82) is 0 Å². The number of carbonyl (C=O) groups is 1. The second-order valence-corrected chi connectivity index (χ2v) is 3.51. The maximum atomic E-state index is 13.2. The van der Waals surface area contributed by atoms with E-state index in [0.717, 1.165) is 0 Å². The van der Waals surface area contributed by atoms with E-state index in [-0.39, 0.29) is 18.8 Å². The van der Waals surface area contributed by atoms with Crippen LogP contribution in [0.2, 0.25) is 0 Å². The molecule has 0 saturated heterocycles. The quantitative estimate of drug-likeness (QED) is 0.784. The second kappa shape index (κ2) is 5.58. The summed E-state index contributed by atoms with van der Waals surface area (Å²) in [7, 11) is 1.47. The van der Waals surface area contributed by atoms with Crippen LogP contribution in [0.5, 0.6) is 0 Å². The van der Waals surface area contributed by atoms with Gasteiger partial charge < -0.3 is 15.6 Å². The van der Waals surface area contributed by atoms with E-state index in [1.807, 2.05) is 0 Å². The van der Waals surface area contributed by atoms with Crippen LogP contribution in [-0.4, -0.2) is 24.2 Å². The van der Waals surface area contributed by atoms with E-state index in [9.17, 15) is 9.18 Å². The summed E-state index contributed by atoms with van der Waals surface area (Å²) in [5.74, 6) is -1.44.